The van der Waals surface area contributed by atoms with Gasteiger partial charge >= 0.3 is 0 Å². The van der Waals surface area contributed by atoms with Crippen LogP contribution in [0.5, 0.6) is 0 Å². The topological polar surface area (TPSA) is 22.0 Å². The maximum Gasteiger partial charge on any atom is 0.250 e. The molecule has 21 heavy (non-hydrogen) atoms. The molecular formula is C18H30INO. The molecule has 1 aromatic rings. The fourth-order valence-corrected chi connectivity index (χ4v) is 3.08. The zero-order chi connectivity index (χ0) is 15.5. The lowest BCUT2D eigenvalue weighted by Crippen LogP contribution is -2.19. The van der Waals surface area contributed by atoms with Crippen LogP contribution in [-0.4, -0.2) is 4.57 Å². The van der Waals surface area contributed by atoms with E-state index in [1.165, 1.54) is 61.4 Å². The average Bonchev–Trinajstić information content (AvgIpc) is 2.46. The van der Waals surface area contributed by atoms with Crippen molar-refractivity contribution in [2.45, 2.75) is 84.6 Å². The van der Waals surface area contributed by atoms with Crippen molar-refractivity contribution in [2.24, 2.45) is 0 Å². The van der Waals surface area contributed by atoms with Gasteiger partial charge in [-0.15, -0.1) is 0 Å². The van der Waals surface area contributed by atoms with Gasteiger partial charge in [-0.05, 0) is 41.5 Å². The second-order valence-electron chi connectivity index (χ2n) is 6.02. The molecule has 0 bridgehead atoms. The summed E-state index contributed by atoms with van der Waals surface area (Å²) < 4.78 is 3.04. The van der Waals surface area contributed by atoms with Crippen LogP contribution < -0.4 is 5.56 Å². The third-order valence-corrected chi connectivity index (χ3v) is 5.15. The fraction of sp³-hybridized carbons (Fsp3) is 0.722. The Morgan fingerprint density at radius 2 is 1.48 bits per heavy atom. The highest BCUT2D eigenvalue weighted by Crippen LogP contribution is 2.11. The molecule has 0 spiro atoms. The number of hydrogen-bond acceptors (Lipinski definition) is 1. The van der Waals surface area contributed by atoms with E-state index in [1.54, 1.807) is 6.07 Å². The fourth-order valence-electron chi connectivity index (χ4n) is 2.58. The Morgan fingerprint density at radius 1 is 0.952 bits per heavy atom. The van der Waals surface area contributed by atoms with Gasteiger partial charge in [-0.2, -0.15) is 0 Å². The molecular weight excluding hydrogens is 373 g/mol. The lowest BCUT2D eigenvalue weighted by molar-refractivity contribution is 0.529. The SMILES string of the molecule is CCCCCCCCCCCCn1cc(I)c(C)cc1=O. The molecule has 2 nitrogen and oxygen atoms in total. The predicted molar refractivity (Wildman–Crippen MR) is 100 cm³/mol. The number of pyridine rings is 1. The molecule has 1 heterocycles. The van der Waals surface area contributed by atoms with Crippen molar-refractivity contribution < 1.29 is 0 Å². The highest BCUT2D eigenvalue weighted by atomic mass is 127. The standard InChI is InChI=1S/C18H30INO/c1-3-4-5-6-7-8-9-10-11-12-13-20-15-17(19)16(2)14-18(20)21/h14-15H,3-13H2,1-2H3. The summed E-state index contributed by atoms with van der Waals surface area (Å²) in [6.45, 7) is 5.13. The van der Waals surface area contributed by atoms with Crippen LogP contribution in [0.2, 0.25) is 0 Å². The van der Waals surface area contributed by atoms with Crippen LogP contribution in [0.15, 0.2) is 17.1 Å². The molecule has 0 radical (unpaired) electrons. The summed E-state index contributed by atoms with van der Waals surface area (Å²) in [7, 11) is 0. The summed E-state index contributed by atoms with van der Waals surface area (Å²) in [6.07, 6.45) is 15.3. The van der Waals surface area contributed by atoms with Crippen molar-refractivity contribution >= 4 is 22.6 Å². The summed E-state index contributed by atoms with van der Waals surface area (Å²) in [4.78, 5) is 11.8. The van der Waals surface area contributed by atoms with Gasteiger partial charge in [0.2, 0.25) is 0 Å². The Hall–Kier alpha value is -0.320. The van der Waals surface area contributed by atoms with Crippen LogP contribution >= 0.6 is 22.6 Å². The van der Waals surface area contributed by atoms with E-state index in [-0.39, 0.29) is 5.56 Å². The number of nitrogens with zero attached hydrogens (tertiary/aromatic N) is 1. The lowest BCUT2D eigenvalue weighted by atomic mass is 10.1. The van der Waals surface area contributed by atoms with Crippen molar-refractivity contribution in [1.82, 2.24) is 4.57 Å². The minimum Gasteiger partial charge on any atom is -0.314 e. The highest BCUT2D eigenvalue weighted by Gasteiger charge is 2.01. The number of aromatic nitrogens is 1. The van der Waals surface area contributed by atoms with Gasteiger partial charge in [0.15, 0.2) is 0 Å². The minimum absolute atomic E-state index is 0.142. The van der Waals surface area contributed by atoms with Gasteiger partial charge in [-0.25, -0.2) is 0 Å². The quantitative estimate of drug-likeness (QED) is 0.344. The number of unbranched alkanes of at least 4 members (excludes halogenated alkanes) is 9. The van der Waals surface area contributed by atoms with Gasteiger partial charge < -0.3 is 4.57 Å². The second kappa shape index (κ2) is 11.3. The molecule has 1 aromatic heterocycles. The molecule has 0 N–H and O–H groups in total. The Bertz CT molecular complexity index is 453. The van der Waals surface area contributed by atoms with Crippen molar-refractivity contribution in [3.63, 3.8) is 0 Å². The molecule has 0 aliphatic heterocycles. The molecule has 3 heteroatoms. The van der Waals surface area contributed by atoms with Crippen molar-refractivity contribution in [1.29, 1.82) is 0 Å². The predicted octanol–water partition coefficient (Wildman–Crippen LogP) is 5.68. The first-order valence-corrected chi connectivity index (χ1v) is 9.59. The van der Waals surface area contributed by atoms with Gasteiger partial charge in [-0.1, -0.05) is 64.7 Å². The van der Waals surface area contributed by atoms with Crippen LogP contribution in [-0.2, 0) is 6.54 Å². The van der Waals surface area contributed by atoms with E-state index in [0.29, 0.717) is 0 Å². The molecule has 0 fully saturated rings. The van der Waals surface area contributed by atoms with Crippen LogP contribution in [0.1, 0.15) is 76.7 Å². The minimum atomic E-state index is 0.142. The average molecular weight is 403 g/mol. The van der Waals surface area contributed by atoms with Crippen molar-refractivity contribution in [2.75, 3.05) is 0 Å². The number of aryl methyl sites for hydroxylation is 2. The molecule has 0 saturated carbocycles. The Balaban J connectivity index is 2.07. The highest BCUT2D eigenvalue weighted by molar-refractivity contribution is 14.1. The molecule has 0 unspecified atom stereocenters. The third kappa shape index (κ3) is 8.03. The van der Waals surface area contributed by atoms with E-state index in [2.05, 4.69) is 29.5 Å². The maximum absolute atomic E-state index is 11.8. The zero-order valence-electron chi connectivity index (χ0n) is 13.7. The molecule has 120 valence electrons. The molecule has 0 amide bonds. The Kier molecular flexibility index (Phi) is 10.1. The summed E-state index contributed by atoms with van der Waals surface area (Å²) >= 11 is 2.30. The van der Waals surface area contributed by atoms with Crippen LogP contribution in [0.4, 0.5) is 0 Å². The smallest absolute Gasteiger partial charge is 0.250 e. The van der Waals surface area contributed by atoms with E-state index in [4.69, 9.17) is 0 Å². The summed E-state index contributed by atoms with van der Waals surface area (Å²) in [5.41, 5.74) is 1.23. The van der Waals surface area contributed by atoms with Crippen molar-refractivity contribution in [3.05, 3.63) is 31.8 Å². The molecule has 1 rings (SSSR count). The van der Waals surface area contributed by atoms with Crippen LogP contribution in [0.25, 0.3) is 0 Å². The summed E-state index contributed by atoms with van der Waals surface area (Å²) in [6, 6.07) is 1.75. The lowest BCUT2D eigenvalue weighted by Gasteiger charge is -2.07. The molecule has 0 aliphatic rings. The molecule has 0 aliphatic carbocycles. The summed E-state index contributed by atoms with van der Waals surface area (Å²) in [5.74, 6) is 0. The first-order valence-electron chi connectivity index (χ1n) is 8.51. The number of rotatable bonds is 11. The Labute approximate surface area is 143 Å². The van der Waals surface area contributed by atoms with Gasteiger partial charge in [0, 0.05) is 22.4 Å². The zero-order valence-corrected chi connectivity index (χ0v) is 15.8. The monoisotopic (exact) mass is 403 g/mol. The molecule has 0 aromatic carbocycles. The molecule has 0 atom stereocenters. The summed E-state index contributed by atoms with van der Waals surface area (Å²) in [5, 5.41) is 0. The van der Waals surface area contributed by atoms with E-state index in [0.717, 1.165) is 18.5 Å². The normalized spacial score (nSPS) is 11.0. The number of halogens is 1. The largest absolute Gasteiger partial charge is 0.314 e. The third-order valence-electron chi connectivity index (χ3n) is 4.02. The molecule has 0 saturated heterocycles. The first-order chi connectivity index (χ1) is 10.1. The number of hydrogen-bond donors (Lipinski definition) is 0. The van der Waals surface area contributed by atoms with Crippen LogP contribution in [0.3, 0.4) is 0 Å². The van der Waals surface area contributed by atoms with E-state index < -0.39 is 0 Å². The second-order valence-corrected chi connectivity index (χ2v) is 7.18. The van der Waals surface area contributed by atoms with Crippen molar-refractivity contribution in [3.8, 4) is 0 Å². The van der Waals surface area contributed by atoms with Crippen LogP contribution in [0, 0.1) is 10.5 Å². The Morgan fingerprint density at radius 3 is 2.05 bits per heavy atom. The van der Waals surface area contributed by atoms with E-state index in [9.17, 15) is 4.79 Å². The maximum atomic E-state index is 11.8. The van der Waals surface area contributed by atoms with Gasteiger partial charge in [0.1, 0.15) is 0 Å². The van der Waals surface area contributed by atoms with E-state index in [1.807, 2.05) is 17.7 Å². The van der Waals surface area contributed by atoms with Gasteiger partial charge in [0.25, 0.3) is 5.56 Å². The van der Waals surface area contributed by atoms with E-state index >= 15 is 0 Å². The first kappa shape index (κ1) is 18.7. The van der Waals surface area contributed by atoms with Gasteiger partial charge in [0.05, 0.1) is 0 Å². The van der Waals surface area contributed by atoms with Gasteiger partial charge in [-0.3, -0.25) is 4.79 Å².